The van der Waals surface area contributed by atoms with E-state index >= 15 is 0 Å². The third-order valence-corrected chi connectivity index (χ3v) is 2.63. The van der Waals surface area contributed by atoms with Crippen molar-refractivity contribution in [3.63, 3.8) is 0 Å². The van der Waals surface area contributed by atoms with Gasteiger partial charge in [0.15, 0.2) is 0 Å². The van der Waals surface area contributed by atoms with Crippen LogP contribution in [0, 0.1) is 0 Å². The van der Waals surface area contributed by atoms with Crippen LogP contribution >= 0.6 is 23.4 Å². The molecule has 0 saturated carbocycles. The summed E-state index contributed by atoms with van der Waals surface area (Å²) in [6.45, 7) is 3.66. The first-order chi connectivity index (χ1) is 5.27. The van der Waals surface area contributed by atoms with E-state index in [0.717, 1.165) is 15.5 Å². The number of thioether (sulfide) groups is 1. The third kappa shape index (κ3) is 2.01. The van der Waals surface area contributed by atoms with Gasteiger partial charge in [-0.05, 0) is 24.0 Å². The van der Waals surface area contributed by atoms with Gasteiger partial charge < -0.3 is 0 Å². The molecule has 1 aromatic rings. The molecule has 11 heavy (non-hydrogen) atoms. The number of benzene rings is 1. The van der Waals surface area contributed by atoms with Crippen LogP contribution < -0.4 is 0 Å². The molecule has 58 valence electrons. The zero-order chi connectivity index (χ0) is 8.27. The Labute approximate surface area is 76.3 Å². The molecule has 0 nitrogen and oxygen atoms in total. The van der Waals surface area contributed by atoms with E-state index in [4.69, 9.17) is 11.6 Å². The fraction of sp³-hybridized carbons (Fsp3) is 0.111. The molecule has 0 aliphatic carbocycles. The lowest BCUT2D eigenvalue weighted by Gasteiger charge is -2.00. The smallest absolute Gasteiger partial charge is 0.0547 e. The molecule has 0 radical (unpaired) electrons. The molecule has 0 aromatic heterocycles. The maximum atomic E-state index is 5.94. The van der Waals surface area contributed by atoms with E-state index in [1.54, 1.807) is 17.8 Å². The van der Waals surface area contributed by atoms with Gasteiger partial charge in [0, 0.05) is 4.90 Å². The Morgan fingerprint density at radius 2 is 2.27 bits per heavy atom. The first-order valence-electron chi connectivity index (χ1n) is 3.24. The number of hydrogen-bond acceptors (Lipinski definition) is 1. The lowest BCUT2D eigenvalue weighted by atomic mass is 10.2. The van der Waals surface area contributed by atoms with Gasteiger partial charge in [0.05, 0.1) is 5.02 Å². The van der Waals surface area contributed by atoms with Gasteiger partial charge >= 0.3 is 0 Å². The monoisotopic (exact) mass is 184 g/mol. The fourth-order valence-corrected chi connectivity index (χ4v) is 1.69. The van der Waals surface area contributed by atoms with Gasteiger partial charge in [-0.2, -0.15) is 0 Å². The summed E-state index contributed by atoms with van der Waals surface area (Å²) in [6, 6.07) is 5.93. The van der Waals surface area contributed by atoms with Crippen molar-refractivity contribution >= 4 is 29.4 Å². The van der Waals surface area contributed by atoms with Crippen molar-refractivity contribution in [1.29, 1.82) is 0 Å². The number of halogens is 1. The van der Waals surface area contributed by atoms with E-state index in [0.29, 0.717) is 0 Å². The lowest BCUT2D eigenvalue weighted by molar-refractivity contribution is 1.45. The molecule has 0 amide bonds. The van der Waals surface area contributed by atoms with Crippen LogP contribution in [0.2, 0.25) is 5.02 Å². The summed E-state index contributed by atoms with van der Waals surface area (Å²) in [5, 5.41) is 0.801. The van der Waals surface area contributed by atoms with E-state index in [-0.39, 0.29) is 0 Å². The summed E-state index contributed by atoms with van der Waals surface area (Å²) in [5.74, 6) is 0. The molecule has 1 rings (SSSR count). The predicted octanol–water partition coefficient (Wildman–Crippen LogP) is 3.70. The highest BCUT2D eigenvalue weighted by atomic mass is 35.5. The minimum Gasteiger partial charge on any atom is -0.128 e. The SMILES string of the molecule is C=Cc1ccc(SC)c(Cl)c1. The van der Waals surface area contributed by atoms with Crippen molar-refractivity contribution in [3.8, 4) is 0 Å². The Hall–Kier alpha value is -0.400. The van der Waals surface area contributed by atoms with Crippen molar-refractivity contribution < 1.29 is 0 Å². The molecule has 0 heterocycles. The van der Waals surface area contributed by atoms with Gasteiger partial charge in [0.25, 0.3) is 0 Å². The molecule has 2 heteroatoms. The third-order valence-electron chi connectivity index (χ3n) is 1.41. The highest BCUT2D eigenvalue weighted by molar-refractivity contribution is 7.98. The van der Waals surface area contributed by atoms with Gasteiger partial charge in [-0.1, -0.05) is 30.3 Å². The van der Waals surface area contributed by atoms with Crippen molar-refractivity contribution in [1.82, 2.24) is 0 Å². The van der Waals surface area contributed by atoms with Gasteiger partial charge in [-0.3, -0.25) is 0 Å². The van der Waals surface area contributed by atoms with E-state index < -0.39 is 0 Å². The standard InChI is InChI=1S/C9H9ClS/c1-3-7-4-5-9(11-2)8(10)6-7/h3-6H,1H2,2H3. The maximum Gasteiger partial charge on any atom is 0.0547 e. The number of hydrogen-bond donors (Lipinski definition) is 0. The Balaban J connectivity index is 3.09. The summed E-state index contributed by atoms with van der Waals surface area (Å²) in [4.78, 5) is 1.11. The number of rotatable bonds is 2. The molecular weight excluding hydrogens is 176 g/mol. The molecule has 0 aliphatic heterocycles. The van der Waals surface area contributed by atoms with Crippen molar-refractivity contribution in [2.75, 3.05) is 6.26 Å². The Bertz CT molecular complexity index is 268. The average molecular weight is 185 g/mol. The van der Waals surface area contributed by atoms with Gasteiger partial charge in [-0.15, -0.1) is 11.8 Å². The highest BCUT2D eigenvalue weighted by Crippen LogP contribution is 2.26. The van der Waals surface area contributed by atoms with Gasteiger partial charge in [0.1, 0.15) is 0 Å². The molecule has 0 bridgehead atoms. The van der Waals surface area contributed by atoms with Crippen LogP contribution in [-0.2, 0) is 0 Å². The topological polar surface area (TPSA) is 0 Å². The van der Waals surface area contributed by atoms with Crippen molar-refractivity contribution in [2.24, 2.45) is 0 Å². The zero-order valence-corrected chi connectivity index (χ0v) is 7.88. The summed E-state index contributed by atoms with van der Waals surface area (Å²) < 4.78 is 0. The first-order valence-corrected chi connectivity index (χ1v) is 4.84. The molecule has 0 N–H and O–H groups in total. The fourth-order valence-electron chi connectivity index (χ4n) is 0.810. The van der Waals surface area contributed by atoms with E-state index in [1.165, 1.54) is 0 Å². The average Bonchev–Trinajstić information content (AvgIpc) is 2.04. The minimum atomic E-state index is 0.801. The van der Waals surface area contributed by atoms with Crippen LogP contribution in [0.5, 0.6) is 0 Å². The lowest BCUT2D eigenvalue weighted by Crippen LogP contribution is -1.75. The molecule has 0 spiro atoms. The largest absolute Gasteiger partial charge is 0.128 e. The Morgan fingerprint density at radius 3 is 2.73 bits per heavy atom. The van der Waals surface area contributed by atoms with Crippen LogP contribution in [0.25, 0.3) is 6.08 Å². The van der Waals surface area contributed by atoms with Crippen LogP contribution in [0.3, 0.4) is 0 Å². The molecule has 0 saturated heterocycles. The van der Waals surface area contributed by atoms with Crippen LogP contribution in [0.15, 0.2) is 29.7 Å². The minimum absolute atomic E-state index is 0.801. The molecule has 0 aliphatic rings. The van der Waals surface area contributed by atoms with Crippen molar-refractivity contribution in [3.05, 3.63) is 35.4 Å². The summed E-state index contributed by atoms with van der Waals surface area (Å²) in [5.41, 5.74) is 1.06. The molecule has 0 atom stereocenters. The maximum absolute atomic E-state index is 5.94. The van der Waals surface area contributed by atoms with Gasteiger partial charge in [-0.25, -0.2) is 0 Å². The quantitative estimate of drug-likeness (QED) is 0.632. The Kier molecular flexibility index (Phi) is 3.03. The highest BCUT2D eigenvalue weighted by Gasteiger charge is 1.97. The summed E-state index contributed by atoms with van der Waals surface area (Å²) in [7, 11) is 0. The van der Waals surface area contributed by atoms with E-state index in [9.17, 15) is 0 Å². The van der Waals surface area contributed by atoms with Gasteiger partial charge in [0.2, 0.25) is 0 Å². The second-order valence-electron chi connectivity index (χ2n) is 2.10. The first kappa shape index (κ1) is 8.69. The van der Waals surface area contributed by atoms with Crippen LogP contribution in [-0.4, -0.2) is 6.26 Å². The zero-order valence-electron chi connectivity index (χ0n) is 6.30. The molecule has 0 unspecified atom stereocenters. The van der Waals surface area contributed by atoms with E-state index in [2.05, 4.69) is 6.58 Å². The summed E-state index contributed by atoms with van der Waals surface area (Å²) in [6.07, 6.45) is 3.80. The van der Waals surface area contributed by atoms with Crippen molar-refractivity contribution in [2.45, 2.75) is 4.90 Å². The second-order valence-corrected chi connectivity index (χ2v) is 3.35. The second kappa shape index (κ2) is 3.84. The predicted molar refractivity (Wildman–Crippen MR) is 53.3 cm³/mol. The van der Waals surface area contributed by atoms with Crippen LogP contribution in [0.1, 0.15) is 5.56 Å². The molecular formula is C9H9ClS. The van der Waals surface area contributed by atoms with E-state index in [1.807, 2.05) is 24.5 Å². The van der Waals surface area contributed by atoms with Crippen LogP contribution in [0.4, 0.5) is 0 Å². The molecule has 1 aromatic carbocycles. The summed E-state index contributed by atoms with van der Waals surface area (Å²) >= 11 is 7.59. The normalized spacial score (nSPS) is 9.64. The Morgan fingerprint density at radius 1 is 1.55 bits per heavy atom. The molecule has 0 fully saturated rings.